The number of carbonyl (C=O) groups excluding carboxylic acids is 1. The van der Waals surface area contributed by atoms with E-state index in [0.717, 1.165) is 38.5 Å². The van der Waals surface area contributed by atoms with Gasteiger partial charge in [0.15, 0.2) is 0 Å². The van der Waals surface area contributed by atoms with Crippen LogP contribution < -0.4 is 15.0 Å². The van der Waals surface area contributed by atoms with E-state index in [1.54, 1.807) is 7.11 Å². The van der Waals surface area contributed by atoms with Crippen molar-refractivity contribution in [3.8, 4) is 5.75 Å². The number of anilines is 1. The molecule has 1 heterocycles. The third kappa shape index (κ3) is 5.73. The van der Waals surface area contributed by atoms with Crippen LogP contribution in [0.4, 0.5) is 5.69 Å². The summed E-state index contributed by atoms with van der Waals surface area (Å²) in [5.41, 5.74) is 1.21. The van der Waals surface area contributed by atoms with Crippen molar-refractivity contribution in [1.82, 2.24) is 15.1 Å². The Morgan fingerprint density at radius 2 is 1.83 bits per heavy atom. The van der Waals surface area contributed by atoms with Crippen molar-refractivity contribution < 1.29 is 9.53 Å². The monoisotopic (exact) mass is 320 g/mol. The van der Waals surface area contributed by atoms with Crippen LogP contribution in [0.15, 0.2) is 24.3 Å². The van der Waals surface area contributed by atoms with Crippen molar-refractivity contribution in [2.45, 2.75) is 0 Å². The van der Waals surface area contributed by atoms with E-state index in [1.165, 1.54) is 5.69 Å². The molecule has 0 radical (unpaired) electrons. The number of likely N-dealkylation sites (N-methyl/N-ethyl adjacent to an activating group) is 1. The second-order valence-electron chi connectivity index (χ2n) is 6.11. The summed E-state index contributed by atoms with van der Waals surface area (Å²) in [5, 5.41) is 2.97. The lowest BCUT2D eigenvalue weighted by molar-refractivity contribution is -0.122. The van der Waals surface area contributed by atoms with E-state index in [1.807, 2.05) is 26.2 Å². The van der Waals surface area contributed by atoms with Crippen LogP contribution >= 0.6 is 0 Å². The molecule has 1 N–H and O–H groups in total. The van der Waals surface area contributed by atoms with E-state index in [4.69, 9.17) is 4.74 Å². The zero-order chi connectivity index (χ0) is 16.7. The highest BCUT2D eigenvalue weighted by molar-refractivity contribution is 5.78. The molecule has 1 fully saturated rings. The van der Waals surface area contributed by atoms with Gasteiger partial charge >= 0.3 is 0 Å². The lowest BCUT2D eigenvalue weighted by atomic mass is 10.2. The molecule has 1 aliphatic heterocycles. The van der Waals surface area contributed by atoms with Gasteiger partial charge in [0.25, 0.3) is 0 Å². The zero-order valence-electron chi connectivity index (χ0n) is 14.4. The van der Waals surface area contributed by atoms with Crippen molar-refractivity contribution in [2.75, 3.05) is 71.9 Å². The molecule has 0 unspecified atom stereocenters. The first kappa shape index (κ1) is 17.6. The zero-order valence-corrected chi connectivity index (χ0v) is 14.4. The predicted molar refractivity (Wildman–Crippen MR) is 93.2 cm³/mol. The molecule has 1 aliphatic rings. The highest BCUT2D eigenvalue weighted by Crippen LogP contribution is 2.20. The number of rotatable bonds is 7. The summed E-state index contributed by atoms with van der Waals surface area (Å²) in [6.07, 6.45) is 0. The average Bonchev–Trinajstić information content (AvgIpc) is 2.55. The van der Waals surface area contributed by atoms with E-state index >= 15 is 0 Å². The number of amides is 1. The number of nitrogens with zero attached hydrogens (tertiary/aromatic N) is 3. The molecular formula is C17H28N4O2. The molecule has 1 aromatic carbocycles. The smallest absolute Gasteiger partial charge is 0.234 e. The number of piperazine rings is 1. The lowest BCUT2D eigenvalue weighted by Crippen LogP contribution is -2.49. The molecular weight excluding hydrogens is 292 g/mol. The van der Waals surface area contributed by atoms with Crippen LogP contribution in [0.25, 0.3) is 0 Å². The maximum absolute atomic E-state index is 11.9. The fourth-order valence-corrected chi connectivity index (χ4v) is 2.64. The van der Waals surface area contributed by atoms with Gasteiger partial charge in [0.2, 0.25) is 5.91 Å². The molecule has 0 aliphatic carbocycles. The van der Waals surface area contributed by atoms with Gasteiger partial charge in [-0.3, -0.25) is 9.69 Å². The highest BCUT2D eigenvalue weighted by atomic mass is 16.5. The van der Waals surface area contributed by atoms with Gasteiger partial charge in [0.05, 0.1) is 13.7 Å². The molecule has 1 aromatic rings. The summed E-state index contributed by atoms with van der Waals surface area (Å²) >= 11 is 0. The van der Waals surface area contributed by atoms with Crippen LogP contribution in [0.3, 0.4) is 0 Å². The number of carbonyl (C=O) groups is 1. The van der Waals surface area contributed by atoms with Gasteiger partial charge in [0, 0.05) is 45.0 Å². The predicted octanol–water partition coefficient (Wildman–Crippen LogP) is 0.495. The Balaban J connectivity index is 1.71. The van der Waals surface area contributed by atoms with E-state index in [-0.39, 0.29) is 5.91 Å². The highest BCUT2D eigenvalue weighted by Gasteiger charge is 2.19. The molecule has 0 atom stereocenters. The van der Waals surface area contributed by atoms with E-state index < -0.39 is 0 Å². The third-order valence-electron chi connectivity index (χ3n) is 4.06. The SMILES string of the molecule is COc1ccc(N2CCN(CC(=O)NCCN(C)C)CC2)cc1. The quantitative estimate of drug-likeness (QED) is 0.793. The van der Waals surface area contributed by atoms with Crippen molar-refractivity contribution in [3.05, 3.63) is 24.3 Å². The second-order valence-corrected chi connectivity index (χ2v) is 6.11. The van der Waals surface area contributed by atoms with Crippen molar-refractivity contribution in [2.24, 2.45) is 0 Å². The molecule has 0 spiro atoms. The summed E-state index contributed by atoms with van der Waals surface area (Å²) in [6.45, 7) is 5.77. The molecule has 6 heteroatoms. The molecule has 23 heavy (non-hydrogen) atoms. The van der Waals surface area contributed by atoms with Gasteiger partial charge in [-0.2, -0.15) is 0 Å². The summed E-state index contributed by atoms with van der Waals surface area (Å²) in [5.74, 6) is 0.992. The van der Waals surface area contributed by atoms with Gasteiger partial charge in [-0.25, -0.2) is 0 Å². The number of benzene rings is 1. The van der Waals surface area contributed by atoms with Crippen LogP contribution in [0.5, 0.6) is 5.75 Å². The Morgan fingerprint density at radius 1 is 1.17 bits per heavy atom. The Labute approximate surface area is 139 Å². The summed E-state index contributed by atoms with van der Waals surface area (Å²) in [4.78, 5) is 18.5. The Kier molecular flexibility index (Phi) is 6.67. The van der Waals surface area contributed by atoms with Crippen molar-refractivity contribution in [3.63, 3.8) is 0 Å². The minimum absolute atomic E-state index is 0.116. The van der Waals surface area contributed by atoms with Crippen LogP contribution in [0.2, 0.25) is 0 Å². The Morgan fingerprint density at radius 3 is 2.39 bits per heavy atom. The van der Waals surface area contributed by atoms with E-state index in [0.29, 0.717) is 13.1 Å². The van der Waals surface area contributed by atoms with Gasteiger partial charge < -0.3 is 19.9 Å². The Bertz CT molecular complexity index is 482. The van der Waals surface area contributed by atoms with Crippen LogP contribution in [-0.4, -0.2) is 82.7 Å². The second kappa shape index (κ2) is 8.74. The van der Waals surface area contributed by atoms with Gasteiger partial charge in [0.1, 0.15) is 5.75 Å². The summed E-state index contributed by atoms with van der Waals surface area (Å²) < 4.78 is 5.19. The molecule has 2 rings (SSSR count). The van der Waals surface area contributed by atoms with Crippen molar-refractivity contribution in [1.29, 1.82) is 0 Å². The standard InChI is InChI=1S/C17H28N4O2/c1-19(2)9-8-18-17(22)14-20-10-12-21(13-11-20)15-4-6-16(23-3)7-5-15/h4-7H,8-14H2,1-3H3,(H,18,22). The molecule has 0 saturated carbocycles. The maximum Gasteiger partial charge on any atom is 0.234 e. The minimum atomic E-state index is 0.116. The van der Waals surface area contributed by atoms with Gasteiger partial charge in [-0.05, 0) is 38.4 Å². The Hall–Kier alpha value is -1.79. The third-order valence-corrected chi connectivity index (χ3v) is 4.06. The van der Waals surface area contributed by atoms with Crippen LogP contribution in [0.1, 0.15) is 0 Å². The number of nitrogens with one attached hydrogen (secondary N) is 1. The van der Waals surface area contributed by atoms with E-state index in [9.17, 15) is 4.79 Å². The van der Waals surface area contributed by atoms with Crippen LogP contribution in [-0.2, 0) is 4.79 Å². The first-order chi connectivity index (χ1) is 11.1. The topological polar surface area (TPSA) is 48.1 Å². The largest absolute Gasteiger partial charge is 0.497 e. The molecule has 1 saturated heterocycles. The first-order valence-electron chi connectivity index (χ1n) is 8.11. The molecule has 6 nitrogen and oxygen atoms in total. The summed E-state index contributed by atoms with van der Waals surface area (Å²) in [6, 6.07) is 8.14. The maximum atomic E-state index is 11.9. The van der Waals surface area contributed by atoms with Gasteiger partial charge in [-0.1, -0.05) is 0 Å². The van der Waals surface area contributed by atoms with Crippen molar-refractivity contribution >= 4 is 11.6 Å². The molecule has 1 amide bonds. The number of hydrogen-bond donors (Lipinski definition) is 1. The van der Waals surface area contributed by atoms with E-state index in [2.05, 4.69) is 32.1 Å². The fraction of sp³-hybridized carbons (Fsp3) is 0.588. The molecule has 0 bridgehead atoms. The first-order valence-corrected chi connectivity index (χ1v) is 8.11. The number of methoxy groups -OCH3 is 1. The lowest BCUT2D eigenvalue weighted by Gasteiger charge is -2.35. The molecule has 0 aromatic heterocycles. The molecule has 128 valence electrons. The van der Waals surface area contributed by atoms with Crippen LogP contribution in [0, 0.1) is 0 Å². The summed E-state index contributed by atoms with van der Waals surface area (Å²) in [7, 11) is 5.69. The fourth-order valence-electron chi connectivity index (χ4n) is 2.64. The normalized spacial score (nSPS) is 15.7. The van der Waals surface area contributed by atoms with Gasteiger partial charge in [-0.15, -0.1) is 0 Å². The average molecular weight is 320 g/mol. The number of ether oxygens (including phenoxy) is 1. The number of hydrogen-bond acceptors (Lipinski definition) is 5. The minimum Gasteiger partial charge on any atom is -0.497 e.